The quantitative estimate of drug-likeness (QED) is 0.182. The lowest BCUT2D eigenvalue weighted by Gasteiger charge is -2.22. The molecule has 266 valence electrons. The summed E-state index contributed by atoms with van der Waals surface area (Å²) in [6, 6.07) is 58.3. The number of fused-ring (bicyclic) bond motifs is 6. The van der Waals surface area contributed by atoms with E-state index in [1.807, 2.05) is 0 Å². The topological polar surface area (TPSA) is 17.0 Å². The normalized spacial score (nSPS) is 15.1. The van der Waals surface area contributed by atoms with E-state index in [1.165, 1.54) is 89.0 Å². The molecule has 1 unspecified atom stereocenters. The smallest absolute Gasteiger partial charge is 0.0538 e. The van der Waals surface area contributed by atoms with Crippen LogP contribution in [0.4, 0.5) is 11.4 Å². The van der Waals surface area contributed by atoms with Crippen LogP contribution in [0.5, 0.6) is 0 Å². The number of anilines is 2. The molecular weight excluding hydrogens is 665 g/mol. The maximum Gasteiger partial charge on any atom is 0.0538 e. The summed E-state index contributed by atoms with van der Waals surface area (Å²) in [5.41, 5.74) is 21.4. The van der Waals surface area contributed by atoms with Crippen molar-refractivity contribution in [1.29, 1.82) is 0 Å². The Hall–Kier alpha value is -6.38. The first kappa shape index (κ1) is 33.2. The number of hydrogen-bond donors (Lipinski definition) is 1. The van der Waals surface area contributed by atoms with Crippen molar-refractivity contribution in [2.24, 2.45) is 5.92 Å². The first-order valence-corrected chi connectivity index (χ1v) is 19.6. The summed E-state index contributed by atoms with van der Waals surface area (Å²) in [5.74, 6) is 0.499. The molecule has 1 heterocycles. The van der Waals surface area contributed by atoms with Crippen molar-refractivity contribution >= 4 is 28.4 Å². The maximum absolute atomic E-state index is 3.81. The number of aromatic nitrogens is 1. The predicted octanol–water partition coefficient (Wildman–Crippen LogP) is 14.2. The molecule has 2 heteroatoms. The summed E-state index contributed by atoms with van der Waals surface area (Å²) in [4.78, 5) is 0. The Morgan fingerprint density at radius 2 is 1.25 bits per heavy atom. The van der Waals surface area contributed by atoms with E-state index in [2.05, 4.69) is 207 Å². The SMILES string of the molecule is Cc1ccc(-c2ccc(-n3c4c(c5cc(-c6cccc(-c7ccccc7Nc7ccc8c(c7)C(C)(C)c7ccccc7-8)c6)ccc53)CC(C)C=C4)cc2)cc1. The molecule has 0 saturated carbocycles. The van der Waals surface area contributed by atoms with Crippen LogP contribution in [0.25, 0.3) is 67.2 Å². The number of para-hydroxylation sites is 1. The Morgan fingerprint density at radius 3 is 2.07 bits per heavy atom. The first-order chi connectivity index (χ1) is 26.8. The minimum atomic E-state index is -0.0422. The molecule has 55 heavy (non-hydrogen) atoms. The van der Waals surface area contributed by atoms with Crippen LogP contribution in [-0.4, -0.2) is 4.57 Å². The lowest BCUT2D eigenvalue weighted by Crippen LogP contribution is -2.15. The molecule has 0 aliphatic heterocycles. The Balaban J connectivity index is 0.995. The van der Waals surface area contributed by atoms with Crippen molar-refractivity contribution in [2.45, 2.75) is 39.5 Å². The molecule has 0 bridgehead atoms. The van der Waals surface area contributed by atoms with Crippen LogP contribution in [0.2, 0.25) is 0 Å². The summed E-state index contributed by atoms with van der Waals surface area (Å²) < 4.78 is 2.45. The van der Waals surface area contributed by atoms with Crippen molar-refractivity contribution in [3.05, 3.63) is 192 Å². The average molecular weight is 709 g/mol. The highest BCUT2D eigenvalue weighted by Crippen LogP contribution is 2.49. The minimum Gasteiger partial charge on any atom is -0.355 e. The van der Waals surface area contributed by atoms with Crippen LogP contribution in [-0.2, 0) is 11.8 Å². The third-order valence-electron chi connectivity index (χ3n) is 12.0. The Kier molecular flexibility index (Phi) is 7.78. The van der Waals surface area contributed by atoms with Crippen LogP contribution in [0, 0.1) is 12.8 Å². The van der Waals surface area contributed by atoms with Crippen LogP contribution >= 0.6 is 0 Å². The van der Waals surface area contributed by atoms with Crippen molar-refractivity contribution in [3.63, 3.8) is 0 Å². The van der Waals surface area contributed by atoms with Crippen LogP contribution in [0.15, 0.2) is 164 Å². The third-order valence-corrected chi connectivity index (χ3v) is 12.0. The van der Waals surface area contributed by atoms with Gasteiger partial charge in [-0.1, -0.05) is 142 Å². The highest BCUT2D eigenvalue weighted by atomic mass is 15.0. The molecule has 1 aromatic heterocycles. The number of nitrogens with zero attached hydrogens (tertiary/aromatic N) is 1. The molecule has 0 saturated heterocycles. The van der Waals surface area contributed by atoms with Crippen molar-refractivity contribution < 1.29 is 0 Å². The molecule has 2 nitrogen and oxygen atoms in total. The zero-order chi connectivity index (χ0) is 37.3. The highest BCUT2D eigenvalue weighted by molar-refractivity contribution is 5.95. The van der Waals surface area contributed by atoms with Gasteiger partial charge in [0.1, 0.15) is 0 Å². The van der Waals surface area contributed by atoms with E-state index in [0.717, 1.165) is 17.8 Å². The molecular formula is C53H44N2. The number of allylic oxidation sites excluding steroid dienone is 1. The van der Waals surface area contributed by atoms with Gasteiger partial charge in [0.25, 0.3) is 0 Å². The average Bonchev–Trinajstić information content (AvgIpc) is 3.65. The first-order valence-electron chi connectivity index (χ1n) is 19.6. The molecule has 10 rings (SSSR count). The second-order valence-corrected chi connectivity index (χ2v) is 16.1. The molecule has 0 radical (unpaired) electrons. The van der Waals surface area contributed by atoms with Crippen molar-refractivity contribution in [3.8, 4) is 50.2 Å². The van der Waals surface area contributed by atoms with Crippen LogP contribution in [0.1, 0.15) is 48.7 Å². The maximum atomic E-state index is 3.81. The number of aryl methyl sites for hydroxylation is 1. The summed E-state index contributed by atoms with van der Waals surface area (Å²) in [6.45, 7) is 9.13. The van der Waals surface area contributed by atoms with Gasteiger partial charge in [0.15, 0.2) is 0 Å². The summed E-state index contributed by atoms with van der Waals surface area (Å²) >= 11 is 0. The Bertz CT molecular complexity index is 2790. The molecule has 8 aromatic rings. The van der Waals surface area contributed by atoms with Gasteiger partial charge in [-0.05, 0) is 130 Å². The molecule has 1 atom stereocenters. The number of benzene rings is 7. The van der Waals surface area contributed by atoms with Gasteiger partial charge in [0.2, 0.25) is 0 Å². The van der Waals surface area contributed by atoms with Crippen molar-refractivity contribution in [1.82, 2.24) is 4.57 Å². The Morgan fingerprint density at radius 1 is 0.582 bits per heavy atom. The standard InChI is InChI=1S/C53H44N2/c1-34-16-19-36(20-17-34)37-21-25-42(26-22-37)55-51-28-18-35(2)30-46(51)47-32-39(23-29-52(47)55)38-10-9-11-40(31-38)43-12-6-8-15-50(43)54-41-24-27-45-44-13-5-7-14-48(44)53(3,4)49(45)33-41/h5-29,31-33,35,54H,30H2,1-4H3. The minimum absolute atomic E-state index is 0.0422. The van der Waals surface area contributed by atoms with Gasteiger partial charge in [-0.3, -0.25) is 0 Å². The summed E-state index contributed by atoms with van der Waals surface area (Å²) in [6.07, 6.45) is 5.73. The fourth-order valence-corrected chi connectivity index (χ4v) is 9.06. The largest absolute Gasteiger partial charge is 0.355 e. The molecule has 7 aromatic carbocycles. The van der Waals surface area contributed by atoms with E-state index >= 15 is 0 Å². The van der Waals surface area contributed by atoms with Gasteiger partial charge < -0.3 is 9.88 Å². The van der Waals surface area contributed by atoms with Crippen LogP contribution < -0.4 is 5.32 Å². The van der Waals surface area contributed by atoms with Crippen molar-refractivity contribution in [2.75, 3.05) is 5.32 Å². The van der Waals surface area contributed by atoms with E-state index < -0.39 is 0 Å². The molecule has 2 aliphatic rings. The van der Waals surface area contributed by atoms with E-state index in [4.69, 9.17) is 0 Å². The second kappa shape index (κ2) is 12.9. The number of nitrogens with one attached hydrogen (secondary N) is 1. The molecule has 0 spiro atoms. The van der Waals surface area contributed by atoms with Gasteiger partial charge in [0.05, 0.1) is 5.52 Å². The molecule has 0 fully saturated rings. The Labute approximate surface area is 324 Å². The van der Waals surface area contributed by atoms with Gasteiger partial charge in [-0.2, -0.15) is 0 Å². The highest BCUT2D eigenvalue weighted by Gasteiger charge is 2.35. The number of rotatable bonds is 6. The summed E-state index contributed by atoms with van der Waals surface area (Å²) in [7, 11) is 0. The van der Waals surface area contributed by atoms with Gasteiger partial charge in [-0.25, -0.2) is 0 Å². The van der Waals surface area contributed by atoms with E-state index in [0.29, 0.717) is 5.92 Å². The summed E-state index contributed by atoms with van der Waals surface area (Å²) in [5, 5.41) is 5.14. The zero-order valence-corrected chi connectivity index (χ0v) is 31.9. The van der Waals surface area contributed by atoms with E-state index in [-0.39, 0.29) is 5.41 Å². The molecule has 2 aliphatic carbocycles. The zero-order valence-electron chi connectivity index (χ0n) is 31.9. The van der Waals surface area contributed by atoms with E-state index in [1.54, 1.807) is 0 Å². The molecule has 0 amide bonds. The van der Waals surface area contributed by atoms with Gasteiger partial charge in [0, 0.05) is 39.1 Å². The lowest BCUT2D eigenvalue weighted by atomic mass is 9.82. The predicted molar refractivity (Wildman–Crippen MR) is 234 cm³/mol. The third kappa shape index (κ3) is 5.63. The number of hydrogen-bond acceptors (Lipinski definition) is 1. The van der Waals surface area contributed by atoms with Gasteiger partial charge >= 0.3 is 0 Å². The van der Waals surface area contributed by atoms with E-state index in [9.17, 15) is 0 Å². The second-order valence-electron chi connectivity index (χ2n) is 16.1. The fourth-order valence-electron chi connectivity index (χ4n) is 9.06. The monoisotopic (exact) mass is 708 g/mol. The lowest BCUT2D eigenvalue weighted by molar-refractivity contribution is 0.660. The van der Waals surface area contributed by atoms with Gasteiger partial charge in [-0.15, -0.1) is 0 Å². The fraction of sp³-hybridized carbons (Fsp3) is 0.132. The molecule has 1 N–H and O–H groups in total. The van der Waals surface area contributed by atoms with Crippen LogP contribution in [0.3, 0.4) is 0 Å².